The van der Waals surface area contributed by atoms with E-state index in [1.807, 2.05) is 0 Å². The molecule has 1 aliphatic rings. The molecule has 1 aromatic carbocycles. The molecule has 0 radical (unpaired) electrons. The number of carbonyl (C=O) groups excluding carboxylic acids is 2. The number of hydrogen-bond acceptors (Lipinski definition) is 4. The van der Waals surface area contributed by atoms with Gasteiger partial charge in [0.05, 0.1) is 16.8 Å². The van der Waals surface area contributed by atoms with Gasteiger partial charge in [-0.3, -0.25) is 14.9 Å². The number of benzene rings is 1. The van der Waals surface area contributed by atoms with Gasteiger partial charge in [-0.25, -0.2) is 4.79 Å². The number of amides is 2. The second-order valence-electron chi connectivity index (χ2n) is 4.18. The van der Waals surface area contributed by atoms with Crippen molar-refractivity contribution in [2.24, 2.45) is 0 Å². The predicted molar refractivity (Wildman–Crippen MR) is 67.9 cm³/mol. The molecule has 2 amide bonds. The van der Waals surface area contributed by atoms with E-state index in [2.05, 4.69) is 10.6 Å². The van der Waals surface area contributed by atoms with Crippen LogP contribution in [0.4, 0.5) is 0 Å². The maximum atomic E-state index is 12.0. The van der Waals surface area contributed by atoms with Crippen LogP contribution >= 0.6 is 0 Å². The molecule has 0 aliphatic carbocycles. The fourth-order valence-electron chi connectivity index (χ4n) is 1.82. The van der Waals surface area contributed by atoms with Crippen LogP contribution in [0.1, 0.15) is 33.6 Å². The van der Waals surface area contributed by atoms with Crippen LogP contribution in [0, 0.1) is 0 Å². The number of allylic oxidation sites excluding steroid dienone is 1. The van der Waals surface area contributed by atoms with E-state index in [0.29, 0.717) is 0 Å². The molecule has 0 spiro atoms. The Hall–Kier alpha value is -2.83. The Morgan fingerprint density at radius 1 is 1.15 bits per heavy atom. The highest BCUT2D eigenvalue weighted by atomic mass is 16.4. The van der Waals surface area contributed by atoms with Gasteiger partial charge in [0.25, 0.3) is 5.91 Å². The molecule has 0 saturated heterocycles. The zero-order chi connectivity index (χ0) is 14.7. The molecule has 0 unspecified atom stereocenters. The fourth-order valence-corrected chi connectivity index (χ4v) is 1.82. The minimum absolute atomic E-state index is 0.0165. The Kier molecular flexibility index (Phi) is 3.69. The number of carboxylic acid groups (broad SMARTS) is 1. The first-order valence-corrected chi connectivity index (χ1v) is 5.84. The lowest BCUT2D eigenvalue weighted by Crippen LogP contribution is -2.35. The zero-order valence-corrected chi connectivity index (χ0v) is 10.3. The van der Waals surface area contributed by atoms with E-state index in [1.54, 1.807) is 0 Å². The summed E-state index contributed by atoms with van der Waals surface area (Å²) in [7, 11) is 0. The van der Waals surface area contributed by atoms with E-state index >= 15 is 0 Å². The zero-order valence-electron chi connectivity index (χ0n) is 10.3. The minimum Gasteiger partial charge on any atom is -0.493 e. The van der Waals surface area contributed by atoms with Crippen molar-refractivity contribution in [3.8, 4) is 0 Å². The van der Waals surface area contributed by atoms with Crippen LogP contribution < -0.4 is 10.6 Å². The first kappa shape index (κ1) is 13.6. The van der Waals surface area contributed by atoms with Crippen molar-refractivity contribution in [1.82, 2.24) is 10.6 Å². The molecule has 0 fully saturated rings. The predicted octanol–water partition coefficient (Wildman–Crippen LogP) is 0.752. The van der Waals surface area contributed by atoms with Crippen LogP contribution in [0.25, 0.3) is 0 Å². The molecule has 7 heteroatoms. The standard InChI is InChI=1S/C13H12N2O5/c16-10-6-5-9(12(18)15-10)14-11(17)7-3-1-2-4-8(7)13(19)20/h1-4,18H,5-6H2,(H,14,17)(H,15,16)(H,19,20). The van der Waals surface area contributed by atoms with E-state index in [0.717, 1.165) is 0 Å². The molecule has 104 valence electrons. The number of carboxylic acids is 1. The summed E-state index contributed by atoms with van der Waals surface area (Å²) in [5.41, 5.74) is 0.0110. The number of aliphatic hydroxyl groups excluding tert-OH is 1. The molecule has 1 heterocycles. The molecule has 20 heavy (non-hydrogen) atoms. The number of aliphatic hydroxyl groups is 1. The minimum atomic E-state index is -1.22. The van der Waals surface area contributed by atoms with Gasteiger partial charge in [0.1, 0.15) is 0 Å². The maximum absolute atomic E-state index is 12.0. The topological polar surface area (TPSA) is 116 Å². The summed E-state index contributed by atoms with van der Waals surface area (Å²) in [5, 5.41) is 23.1. The van der Waals surface area contributed by atoms with Gasteiger partial charge < -0.3 is 15.5 Å². The van der Waals surface area contributed by atoms with Crippen molar-refractivity contribution in [3.63, 3.8) is 0 Å². The molecule has 2 rings (SSSR count). The van der Waals surface area contributed by atoms with E-state index in [-0.39, 0.29) is 35.6 Å². The van der Waals surface area contributed by atoms with Crippen molar-refractivity contribution >= 4 is 17.8 Å². The summed E-state index contributed by atoms with van der Waals surface area (Å²) in [6.07, 6.45) is 0.318. The number of hydrogen-bond donors (Lipinski definition) is 4. The van der Waals surface area contributed by atoms with Gasteiger partial charge in [-0.15, -0.1) is 0 Å². The highest BCUT2D eigenvalue weighted by Gasteiger charge is 2.21. The third kappa shape index (κ3) is 2.77. The van der Waals surface area contributed by atoms with E-state index in [1.165, 1.54) is 24.3 Å². The maximum Gasteiger partial charge on any atom is 0.336 e. The summed E-state index contributed by atoms with van der Waals surface area (Å²) >= 11 is 0. The van der Waals surface area contributed by atoms with Crippen LogP contribution in [0.3, 0.4) is 0 Å². The molecule has 0 aromatic heterocycles. The number of carbonyl (C=O) groups is 3. The van der Waals surface area contributed by atoms with Crippen molar-refractivity contribution in [3.05, 3.63) is 47.0 Å². The SMILES string of the molecule is O=C1CCC(NC(=O)c2ccccc2C(=O)O)=C(O)N1. The average Bonchev–Trinajstić information content (AvgIpc) is 2.41. The molecule has 1 aliphatic heterocycles. The number of rotatable bonds is 3. The monoisotopic (exact) mass is 276 g/mol. The summed E-state index contributed by atoms with van der Waals surface area (Å²) in [5.74, 6) is -2.62. The lowest BCUT2D eigenvalue weighted by molar-refractivity contribution is -0.121. The number of aromatic carboxylic acids is 1. The lowest BCUT2D eigenvalue weighted by atomic mass is 10.1. The van der Waals surface area contributed by atoms with Gasteiger partial charge in [0.2, 0.25) is 11.8 Å². The van der Waals surface area contributed by atoms with Crippen LogP contribution in [-0.2, 0) is 4.79 Å². The first-order chi connectivity index (χ1) is 9.49. The van der Waals surface area contributed by atoms with E-state index < -0.39 is 17.8 Å². The molecule has 1 aromatic rings. The van der Waals surface area contributed by atoms with Crippen molar-refractivity contribution in [2.45, 2.75) is 12.8 Å². The van der Waals surface area contributed by atoms with E-state index in [4.69, 9.17) is 5.11 Å². The summed E-state index contributed by atoms with van der Waals surface area (Å²) in [4.78, 5) is 34.1. The quantitative estimate of drug-likeness (QED) is 0.650. The van der Waals surface area contributed by atoms with Crippen LogP contribution in [0.15, 0.2) is 35.8 Å². The molecule has 0 bridgehead atoms. The lowest BCUT2D eigenvalue weighted by Gasteiger charge is -2.17. The van der Waals surface area contributed by atoms with Gasteiger partial charge in [-0.05, 0) is 12.1 Å². The molecule has 4 N–H and O–H groups in total. The second-order valence-corrected chi connectivity index (χ2v) is 4.18. The fraction of sp³-hybridized carbons (Fsp3) is 0.154. The summed E-state index contributed by atoms with van der Waals surface area (Å²) in [6, 6.07) is 5.74. The van der Waals surface area contributed by atoms with Gasteiger partial charge in [-0.2, -0.15) is 0 Å². The highest BCUT2D eigenvalue weighted by molar-refractivity contribution is 6.05. The van der Waals surface area contributed by atoms with Crippen molar-refractivity contribution in [1.29, 1.82) is 0 Å². The van der Waals surface area contributed by atoms with Gasteiger partial charge in [0.15, 0.2) is 0 Å². The van der Waals surface area contributed by atoms with Gasteiger partial charge >= 0.3 is 5.97 Å². The summed E-state index contributed by atoms with van der Waals surface area (Å²) in [6.45, 7) is 0. The Morgan fingerprint density at radius 3 is 2.40 bits per heavy atom. The van der Waals surface area contributed by atoms with Gasteiger partial charge in [0, 0.05) is 12.8 Å². The molecular weight excluding hydrogens is 264 g/mol. The Bertz CT molecular complexity index is 621. The summed E-state index contributed by atoms with van der Waals surface area (Å²) < 4.78 is 0. The molecule has 0 atom stereocenters. The first-order valence-electron chi connectivity index (χ1n) is 5.84. The van der Waals surface area contributed by atoms with Crippen LogP contribution in [0.5, 0.6) is 0 Å². The normalized spacial score (nSPS) is 14.7. The Morgan fingerprint density at radius 2 is 1.80 bits per heavy atom. The molecule has 7 nitrogen and oxygen atoms in total. The smallest absolute Gasteiger partial charge is 0.336 e. The molecular formula is C13H12N2O5. The molecule has 0 saturated carbocycles. The van der Waals surface area contributed by atoms with Crippen molar-refractivity contribution < 1.29 is 24.6 Å². The largest absolute Gasteiger partial charge is 0.493 e. The van der Waals surface area contributed by atoms with Crippen LogP contribution in [-0.4, -0.2) is 28.0 Å². The Labute approximate surface area is 113 Å². The second kappa shape index (κ2) is 5.43. The third-order valence-electron chi connectivity index (χ3n) is 2.81. The van der Waals surface area contributed by atoms with E-state index in [9.17, 15) is 19.5 Å². The number of nitrogens with one attached hydrogen (secondary N) is 2. The van der Waals surface area contributed by atoms with Crippen molar-refractivity contribution in [2.75, 3.05) is 0 Å². The van der Waals surface area contributed by atoms with Crippen LogP contribution in [0.2, 0.25) is 0 Å². The third-order valence-corrected chi connectivity index (χ3v) is 2.81. The van der Waals surface area contributed by atoms with Gasteiger partial charge in [-0.1, -0.05) is 12.1 Å². The highest BCUT2D eigenvalue weighted by Crippen LogP contribution is 2.14. The average molecular weight is 276 g/mol. The Balaban J connectivity index is 2.23.